The smallest absolute Gasteiger partial charge is 0.325 e. The van der Waals surface area contributed by atoms with E-state index in [4.69, 9.17) is 4.74 Å². The molecular formula is C27H34N4O3. The Bertz CT molecular complexity index is 1040. The SMILES string of the molecule is CCC[C@]1(C2CCN(Cc3ccc4c(c3)CCO4)CC2)NC(=O)N(CCc2ccccn2)C1=O. The van der Waals surface area contributed by atoms with Crippen molar-refractivity contribution in [1.82, 2.24) is 20.1 Å². The lowest BCUT2D eigenvalue weighted by atomic mass is 9.74. The molecule has 0 bridgehead atoms. The molecule has 0 aliphatic carbocycles. The van der Waals surface area contributed by atoms with Crippen molar-refractivity contribution in [3.63, 3.8) is 0 Å². The molecule has 7 heteroatoms. The van der Waals surface area contributed by atoms with E-state index in [9.17, 15) is 9.59 Å². The molecular weight excluding hydrogens is 428 g/mol. The van der Waals surface area contributed by atoms with Gasteiger partial charge in [-0.15, -0.1) is 0 Å². The first kappa shape index (κ1) is 22.8. The van der Waals surface area contributed by atoms with Gasteiger partial charge in [-0.3, -0.25) is 19.6 Å². The largest absolute Gasteiger partial charge is 0.493 e. The number of ether oxygens (including phenoxy) is 1. The molecule has 0 saturated carbocycles. The first-order chi connectivity index (χ1) is 16.6. The number of carbonyl (C=O) groups excluding carboxylic acids is 2. The van der Waals surface area contributed by atoms with Crippen molar-refractivity contribution < 1.29 is 14.3 Å². The van der Waals surface area contributed by atoms with Gasteiger partial charge >= 0.3 is 6.03 Å². The average molecular weight is 463 g/mol. The van der Waals surface area contributed by atoms with Crippen molar-refractivity contribution in [3.8, 4) is 5.75 Å². The van der Waals surface area contributed by atoms with E-state index in [1.807, 2.05) is 18.2 Å². The normalized spacial score (nSPS) is 23.1. The van der Waals surface area contributed by atoms with Crippen LogP contribution in [0.4, 0.5) is 4.79 Å². The summed E-state index contributed by atoms with van der Waals surface area (Å²) in [6, 6.07) is 12.0. The minimum Gasteiger partial charge on any atom is -0.493 e. The Morgan fingerprint density at radius 1 is 1.18 bits per heavy atom. The fourth-order valence-corrected chi connectivity index (χ4v) is 5.85. The molecule has 7 nitrogen and oxygen atoms in total. The van der Waals surface area contributed by atoms with Gasteiger partial charge in [0, 0.05) is 37.8 Å². The van der Waals surface area contributed by atoms with Crippen LogP contribution in [-0.2, 0) is 24.2 Å². The van der Waals surface area contributed by atoms with E-state index >= 15 is 0 Å². The molecule has 1 aromatic carbocycles. The van der Waals surface area contributed by atoms with Crippen LogP contribution >= 0.6 is 0 Å². The molecule has 0 radical (unpaired) electrons. The maximum absolute atomic E-state index is 13.6. The second-order valence-electron chi connectivity index (χ2n) is 9.77. The molecule has 0 unspecified atom stereocenters. The van der Waals surface area contributed by atoms with Gasteiger partial charge in [-0.25, -0.2) is 4.79 Å². The first-order valence-electron chi connectivity index (χ1n) is 12.6. The number of imide groups is 1. The molecule has 2 fully saturated rings. The zero-order chi connectivity index (χ0) is 23.5. The third-order valence-corrected chi connectivity index (χ3v) is 7.61. The van der Waals surface area contributed by atoms with Crippen LogP contribution in [0.2, 0.25) is 0 Å². The number of nitrogens with one attached hydrogen (secondary N) is 1. The number of nitrogens with zero attached hydrogens (tertiary/aromatic N) is 3. The molecule has 3 amide bonds. The Hall–Kier alpha value is -2.93. The monoisotopic (exact) mass is 462 g/mol. The highest BCUT2D eigenvalue weighted by Gasteiger charge is 2.55. The number of aromatic nitrogens is 1. The summed E-state index contributed by atoms with van der Waals surface area (Å²) in [5.74, 6) is 1.13. The predicted octanol–water partition coefficient (Wildman–Crippen LogP) is 3.56. The summed E-state index contributed by atoms with van der Waals surface area (Å²) in [7, 11) is 0. The van der Waals surface area contributed by atoms with Gasteiger partial charge in [-0.1, -0.05) is 31.5 Å². The van der Waals surface area contributed by atoms with E-state index in [-0.39, 0.29) is 17.9 Å². The Labute approximate surface area is 201 Å². The van der Waals surface area contributed by atoms with Crippen molar-refractivity contribution in [2.45, 2.75) is 57.5 Å². The summed E-state index contributed by atoms with van der Waals surface area (Å²) in [5.41, 5.74) is 2.74. The molecule has 1 aromatic heterocycles. The minimum atomic E-state index is -0.771. The Morgan fingerprint density at radius 3 is 2.79 bits per heavy atom. The van der Waals surface area contributed by atoms with Crippen molar-refractivity contribution >= 4 is 11.9 Å². The van der Waals surface area contributed by atoms with Crippen molar-refractivity contribution in [2.75, 3.05) is 26.2 Å². The van der Waals surface area contributed by atoms with Gasteiger partial charge < -0.3 is 10.1 Å². The van der Waals surface area contributed by atoms with Gasteiger partial charge in [0.05, 0.1) is 6.61 Å². The van der Waals surface area contributed by atoms with E-state index < -0.39 is 5.54 Å². The summed E-state index contributed by atoms with van der Waals surface area (Å²) < 4.78 is 5.63. The molecule has 3 aliphatic rings. The van der Waals surface area contributed by atoms with Crippen LogP contribution in [0.25, 0.3) is 0 Å². The second-order valence-corrected chi connectivity index (χ2v) is 9.77. The van der Waals surface area contributed by atoms with Crippen LogP contribution in [-0.4, -0.2) is 58.5 Å². The number of benzene rings is 1. The highest BCUT2D eigenvalue weighted by molar-refractivity contribution is 6.07. The summed E-state index contributed by atoms with van der Waals surface area (Å²) in [6.45, 7) is 6.01. The van der Waals surface area contributed by atoms with Crippen LogP contribution in [0, 0.1) is 5.92 Å². The molecule has 5 rings (SSSR count). The number of likely N-dealkylation sites (tertiary alicyclic amines) is 1. The van der Waals surface area contributed by atoms with E-state index in [2.05, 4.69) is 40.3 Å². The van der Waals surface area contributed by atoms with E-state index in [0.717, 1.165) is 63.4 Å². The van der Waals surface area contributed by atoms with Crippen LogP contribution in [0.15, 0.2) is 42.6 Å². The number of amides is 3. The van der Waals surface area contributed by atoms with Crippen LogP contribution in [0.5, 0.6) is 5.75 Å². The van der Waals surface area contributed by atoms with Crippen LogP contribution in [0.1, 0.15) is 49.4 Å². The molecule has 0 spiro atoms. The molecule has 1 atom stereocenters. The van der Waals surface area contributed by atoms with Gasteiger partial charge in [0.2, 0.25) is 0 Å². The number of hydrogen-bond donors (Lipinski definition) is 1. The summed E-state index contributed by atoms with van der Waals surface area (Å²) >= 11 is 0. The minimum absolute atomic E-state index is 0.0487. The third-order valence-electron chi connectivity index (χ3n) is 7.61. The lowest BCUT2D eigenvalue weighted by Gasteiger charge is -2.41. The number of hydrogen-bond acceptors (Lipinski definition) is 5. The van der Waals surface area contributed by atoms with Crippen LogP contribution in [0.3, 0.4) is 0 Å². The maximum Gasteiger partial charge on any atom is 0.325 e. The molecule has 3 aliphatic heterocycles. The molecule has 180 valence electrons. The predicted molar refractivity (Wildman–Crippen MR) is 129 cm³/mol. The fourth-order valence-electron chi connectivity index (χ4n) is 5.85. The van der Waals surface area contributed by atoms with Gasteiger partial charge in [0.25, 0.3) is 5.91 Å². The van der Waals surface area contributed by atoms with Gasteiger partial charge in [0.15, 0.2) is 0 Å². The van der Waals surface area contributed by atoms with Gasteiger partial charge in [-0.05, 0) is 67.6 Å². The second kappa shape index (κ2) is 9.74. The lowest BCUT2D eigenvalue weighted by Crippen LogP contribution is -2.56. The number of rotatable bonds is 8. The summed E-state index contributed by atoms with van der Waals surface area (Å²) in [4.78, 5) is 34.7. The molecule has 4 heterocycles. The molecule has 34 heavy (non-hydrogen) atoms. The summed E-state index contributed by atoms with van der Waals surface area (Å²) in [5, 5.41) is 3.15. The van der Waals surface area contributed by atoms with Crippen molar-refractivity contribution in [2.24, 2.45) is 5.92 Å². The highest BCUT2D eigenvalue weighted by Crippen LogP contribution is 2.37. The van der Waals surface area contributed by atoms with Crippen molar-refractivity contribution in [3.05, 3.63) is 59.4 Å². The summed E-state index contributed by atoms with van der Waals surface area (Å²) in [6.07, 6.45) is 6.68. The number of fused-ring (bicyclic) bond motifs is 1. The Morgan fingerprint density at radius 2 is 2.03 bits per heavy atom. The molecule has 1 N–H and O–H groups in total. The lowest BCUT2D eigenvalue weighted by molar-refractivity contribution is -0.134. The zero-order valence-electron chi connectivity index (χ0n) is 20.0. The van der Waals surface area contributed by atoms with Crippen molar-refractivity contribution in [1.29, 1.82) is 0 Å². The first-order valence-corrected chi connectivity index (χ1v) is 12.6. The molecule has 2 saturated heterocycles. The van der Waals surface area contributed by atoms with Gasteiger partial charge in [-0.2, -0.15) is 0 Å². The zero-order valence-corrected chi connectivity index (χ0v) is 20.0. The standard InChI is InChI=1S/C27H34N4O3/c1-2-12-27(25(32)31(26(33)29-27)16-10-23-5-3-4-13-28-23)22-8-14-30(15-9-22)19-20-6-7-24-21(18-20)11-17-34-24/h3-7,13,18,22H,2,8-12,14-17,19H2,1H3,(H,29,33)/t27-/m1/s1. The fraction of sp³-hybridized carbons (Fsp3) is 0.519. The topological polar surface area (TPSA) is 74.8 Å². The van der Waals surface area contributed by atoms with Crippen LogP contribution < -0.4 is 10.1 Å². The van der Waals surface area contributed by atoms with Gasteiger partial charge in [0.1, 0.15) is 11.3 Å². The Balaban J connectivity index is 1.22. The number of piperidine rings is 1. The average Bonchev–Trinajstić information content (AvgIpc) is 3.41. The Kier molecular flexibility index (Phi) is 6.55. The number of urea groups is 1. The highest BCUT2D eigenvalue weighted by atomic mass is 16.5. The van der Waals surface area contributed by atoms with E-state index in [1.165, 1.54) is 16.0 Å². The number of pyridine rings is 1. The molecule has 2 aromatic rings. The quantitative estimate of drug-likeness (QED) is 0.607. The third kappa shape index (κ3) is 4.41. The maximum atomic E-state index is 13.6. The van der Waals surface area contributed by atoms with E-state index in [1.54, 1.807) is 6.20 Å². The number of carbonyl (C=O) groups is 2. The van der Waals surface area contributed by atoms with E-state index in [0.29, 0.717) is 19.4 Å².